The second-order valence-corrected chi connectivity index (χ2v) is 5.08. The molecule has 4 nitrogen and oxygen atoms in total. The molecule has 2 aromatic rings. The molecule has 0 aliphatic rings. The van der Waals surface area contributed by atoms with E-state index >= 15 is 0 Å². The van der Waals surface area contributed by atoms with Gasteiger partial charge in [0.1, 0.15) is 0 Å². The van der Waals surface area contributed by atoms with Gasteiger partial charge in [0.2, 0.25) is 0 Å². The first kappa shape index (κ1) is 16.0. The number of carbonyl (C=O) groups is 1. The van der Waals surface area contributed by atoms with Crippen LogP contribution in [0.5, 0.6) is 0 Å². The van der Waals surface area contributed by atoms with Crippen LogP contribution in [-0.2, 0) is 11.2 Å². The van der Waals surface area contributed by atoms with E-state index in [0.29, 0.717) is 13.2 Å². The maximum absolute atomic E-state index is 11.4. The first-order chi connectivity index (χ1) is 10.8. The van der Waals surface area contributed by atoms with Crippen molar-refractivity contribution in [2.75, 3.05) is 13.2 Å². The van der Waals surface area contributed by atoms with Crippen molar-refractivity contribution in [3.8, 4) is 11.3 Å². The molecule has 2 rings (SSSR count). The third-order valence-electron chi connectivity index (χ3n) is 3.33. The van der Waals surface area contributed by atoms with E-state index in [-0.39, 0.29) is 6.09 Å². The number of alkyl carbamates (subject to hydrolysis) is 1. The van der Waals surface area contributed by atoms with Crippen molar-refractivity contribution in [3.05, 3.63) is 54.2 Å². The molecule has 0 bridgehead atoms. The van der Waals surface area contributed by atoms with Gasteiger partial charge in [-0.25, -0.2) is 4.79 Å². The lowest BCUT2D eigenvalue weighted by Gasteiger charge is -2.07. The summed E-state index contributed by atoms with van der Waals surface area (Å²) in [7, 11) is 0. The zero-order valence-electron chi connectivity index (χ0n) is 12.9. The summed E-state index contributed by atoms with van der Waals surface area (Å²) in [5.41, 5.74) is 3.23. The van der Waals surface area contributed by atoms with E-state index < -0.39 is 0 Å². The summed E-state index contributed by atoms with van der Waals surface area (Å²) in [6.07, 6.45) is 4.17. The highest BCUT2D eigenvalue weighted by Gasteiger charge is 2.02. The molecule has 22 heavy (non-hydrogen) atoms. The molecule has 0 unspecified atom stereocenters. The number of nitrogens with one attached hydrogen (secondary N) is 1. The predicted molar refractivity (Wildman–Crippen MR) is 87.6 cm³/mol. The third kappa shape index (κ3) is 5.20. The van der Waals surface area contributed by atoms with E-state index in [9.17, 15) is 4.79 Å². The monoisotopic (exact) mass is 298 g/mol. The van der Waals surface area contributed by atoms with Crippen molar-refractivity contribution in [2.24, 2.45) is 0 Å². The zero-order valence-corrected chi connectivity index (χ0v) is 12.9. The number of hydrogen-bond donors (Lipinski definition) is 1. The van der Waals surface area contributed by atoms with E-state index in [2.05, 4.69) is 41.5 Å². The molecule has 0 fully saturated rings. The molecule has 0 radical (unpaired) electrons. The maximum Gasteiger partial charge on any atom is 0.407 e. The van der Waals surface area contributed by atoms with Crippen LogP contribution in [0.4, 0.5) is 4.79 Å². The highest BCUT2D eigenvalue weighted by atomic mass is 16.5. The van der Waals surface area contributed by atoms with Gasteiger partial charge in [-0.1, -0.05) is 43.7 Å². The summed E-state index contributed by atoms with van der Waals surface area (Å²) in [6.45, 7) is 3.13. The van der Waals surface area contributed by atoms with Crippen molar-refractivity contribution >= 4 is 6.09 Å². The lowest BCUT2D eigenvalue weighted by Crippen LogP contribution is -2.26. The van der Waals surface area contributed by atoms with Crippen LogP contribution in [0.15, 0.2) is 48.7 Å². The van der Waals surface area contributed by atoms with Crippen LogP contribution < -0.4 is 5.32 Å². The molecule has 116 valence electrons. The van der Waals surface area contributed by atoms with Gasteiger partial charge in [0.25, 0.3) is 0 Å². The van der Waals surface area contributed by atoms with Gasteiger partial charge in [-0.05, 0) is 30.5 Å². The molecular weight excluding hydrogens is 276 g/mol. The Morgan fingerprint density at radius 2 is 2.00 bits per heavy atom. The molecule has 4 heteroatoms. The molecule has 0 atom stereocenters. The standard InChI is InChI=1S/C18H22N2O2/c1-2-3-14-22-18(21)20-13-11-15-7-9-16(10-8-15)17-6-4-5-12-19-17/h4-10,12H,2-3,11,13-14H2,1H3,(H,20,21). The van der Waals surface area contributed by atoms with Gasteiger partial charge in [-0.2, -0.15) is 0 Å². The molecule has 1 aromatic heterocycles. The predicted octanol–water partition coefficient (Wildman–Crippen LogP) is 3.82. The highest BCUT2D eigenvalue weighted by Crippen LogP contribution is 2.16. The summed E-state index contributed by atoms with van der Waals surface area (Å²) in [6, 6.07) is 14.1. The average Bonchev–Trinajstić information content (AvgIpc) is 2.57. The summed E-state index contributed by atoms with van der Waals surface area (Å²) in [4.78, 5) is 15.7. The van der Waals surface area contributed by atoms with E-state index in [1.807, 2.05) is 18.2 Å². The molecule has 1 N–H and O–H groups in total. The molecule has 1 amide bonds. The van der Waals surface area contributed by atoms with Crippen LogP contribution in [0.1, 0.15) is 25.3 Å². The summed E-state index contributed by atoms with van der Waals surface area (Å²) in [5.74, 6) is 0. The molecule has 0 spiro atoms. The van der Waals surface area contributed by atoms with Gasteiger partial charge in [-0.15, -0.1) is 0 Å². The SMILES string of the molecule is CCCCOC(=O)NCCc1ccc(-c2ccccn2)cc1. The Labute approximate surface area is 131 Å². The number of hydrogen-bond acceptors (Lipinski definition) is 3. The number of ether oxygens (including phenoxy) is 1. The third-order valence-corrected chi connectivity index (χ3v) is 3.33. The van der Waals surface area contributed by atoms with Gasteiger partial charge < -0.3 is 10.1 Å². The largest absolute Gasteiger partial charge is 0.450 e. The van der Waals surface area contributed by atoms with Crippen LogP contribution in [0.3, 0.4) is 0 Å². The first-order valence-corrected chi connectivity index (χ1v) is 7.70. The second kappa shape index (κ2) is 8.82. The molecule has 0 saturated heterocycles. The molecule has 1 heterocycles. The summed E-state index contributed by atoms with van der Waals surface area (Å²) in [5, 5.41) is 2.76. The minimum Gasteiger partial charge on any atom is -0.450 e. The Kier molecular flexibility index (Phi) is 6.42. The number of unbranched alkanes of at least 4 members (excludes halogenated alkanes) is 1. The number of aromatic nitrogens is 1. The number of rotatable bonds is 7. The van der Waals surface area contributed by atoms with Gasteiger partial charge in [0.05, 0.1) is 12.3 Å². The van der Waals surface area contributed by atoms with E-state index in [4.69, 9.17) is 4.74 Å². The van der Waals surface area contributed by atoms with Crippen LogP contribution in [0, 0.1) is 0 Å². The molecule has 0 aliphatic carbocycles. The van der Waals surface area contributed by atoms with Crippen molar-refractivity contribution in [1.82, 2.24) is 10.3 Å². The molecular formula is C18H22N2O2. The second-order valence-electron chi connectivity index (χ2n) is 5.08. The van der Waals surface area contributed by atoms with Crippen molar-refractivity contribution in [3.63, 3.8) is 0 Å². The topological polar surface area (TPSA) is 51.2 Å². The average molecular weight is 298 g/mol. The van der Waals surface area contributed by atoms with E-state index in [1.54, 1.807) is 6.20 Å². The lowest BCUT2D eigenvalue weighted by molar-refractivity contribution is 0.144. The number of carbonyl (C=O) groups excluding carboxylic acids is 1. The molecule has 0 aliphatic heterocycles. The normalized spacial score (nSPS) is 10.2. The van der Waals surface area contributed by atoms with Crippen LogP contribution >= 0.6 is 0 Å². The van der Waals surface area contributed by atoms with Crippen molar-refractivity contribution < 1.29 is 9.53 Å². The quantitative estimate of drug-likeness (QED) is 0.791. The van der Waals surface area contributed by atoms with Crippen molar-refractivity contribution in [1.29, 1.82) is 0 Å². The Bertz CT molecular complexity index is 567. The lowest BCUT2D eigenvalue weighted by atomic mass is 10.1. The minimum atomic E-state index is -0.335. The van der Waals surface area contributed by atoms with Crippen LogP contribution in [0.2, 0.25) is 0 Å². The van der Waals surface area contributed by atoms with E-state index in [1.165, 1.54) is 5.56 Å². The van der Waals surface area contributed by atoms with Gasteiger partial charge >= 0.3 is 6.09 Å². The summed E-state index contributed by atoms with van der Waals surface area (Å²) >= 11 is 0. The fraction of sp³-hybridized carbons (Fsp3) is 0.333. The van der Waals surface area contributed by atoms with E-state index in [0.717, 1.165) is 30.5 Å². The van der Waals surface area contributed by atoms with Gasteiger partial charge in [0.15, 0.2) is 0 Å². The first-order valence-electron chi connectivity index (χ1n) is 7.70. The fourth-order valence-corrected chi connectivity index (χ4v) is 2.04. The minimum absolute atomic E-state index is 0.335. The number of nitrogens with zero attached hydrogens (tertiary/aromatic N) is 1. The smallest absolute Gasteiger partial charge is 0.407 e. The van der Waals surface area contributed by atoms with Crippen LogP contribution in [0.25, 0.3) is 11.3 Å². The molecule has 0 saturated carbocycles. The Morgan fingerprint density at radius 3 is 2.68 bits per heavy atom. The van der Waals surface area contributed by atoms with Gasteiger partial charge in [-0.3, -0.25) is 4.98 Å². The van der Waals surface area contributed by atoms with Crippen LogP contribution in [-0.4, -0.2) is 24.2 Å². The maximum atomic E-state index is 11.4. The number of amides is 1. The number of benzene rings is 1. The Morgan fingerprint density at radius 1 is 1.18 bits per heavy atom. The zero-order chi connectivity index (χ0) is 15.6. The summed E-state index contributed by atoms with van der Waals surface area (Å²) < 4.78 is 5.04. The number of pyridine rings is 1. The van der Waals surface area contributed by atoms with Crippen molar-refractivity contribution in [2.45, 2.75) is 26.2 Å². The van der Waals surface area contributed by atoms with Gasteiger partial charge in [0, 0.05) is 18.3 Å². The Hall–Kier alpha value is -2.36. The molecule has 1 aromatic carbocycles. The Balaban J connectivity index is 1.76. The fourth-order valence-electron chi connectivity index (χ4n) is 2.04. The highest BCUT2D eigenvalue weighted by molar-refractivity contribution is 5.67.